The predicted octanol–water partition coefficient (Wildman–Crippen LogP) is 11.2. The van der Waals surface area contributed by atoms with E-state index in [1.807, 2.05) is 77.4 Å². The van der Waals surface area contributed by atoms with Gasteiger partial charge in [0.25, 0.3) is 5.69 Å². The number of benzene rings is 6. The molecule has 9 rings (SSSR count). The molecule has 248 valence electrons. The second kappa shape index (κ2) is 11.8. The zero-order valence-corrected chi connectivity index (χ0v) is 27.4. The molecule has 0 atom stereocenters. The molecule has 0 unspecified atom stereocenters. The molecule has 8 heteroatoms. The molecule has 6 nitrogen and oxygen atoms in total. The van der Waals surface area contributed by atoms with Gasteiger partial charge in [0.15, 0.2) is 0 Å². The van der Waals surface area contributed by atoms with Crippen LogP contribution >= 0.6 is 0 Å². The molecule has 2 heterocycles. The average molecular weight is 674 g/mol. The Bertz CT molecular complexity index is 2710. The van der Waals surface area contributed by atoms with Crippen LogP contribution in [0.1, 0.15) is 17.7 Å². The quantitative estimate of drug-likeness (QED) is 0.130. The number of ether oxygens (including phenoxy) is 1. The number of allylic oxidation sites excluding steroid dienone is 1. The van der Waals surface area contributed by atoms with Gasteiger partial charge in [-0.2, -0.15) is 0 Å². The number of methoxy groups -OCH3 is 1. The number of hydrogen-bond donors (Lipinski definition) is 0. The fourth-order valence-corrected chi connectivity index (χ4v) is 7.71. The Kier molecular flexibility index (Phi) is 7.06. The van der Waals surface area contributed by atoms with Crippen LogP contribution < -0.4 is 4.74 Å². The number of nitrogens with zero attached hydrogens (tertiary/aromatic N) is 3. The maximum absolute atomic E-state index is 16.0. The van der Waals surface area contributed by atoms with Gasteiger partial charge in [-0.05, 0) is 67.4 Å². The molecule has 0 saturated carbocycles. The minimum atomic E-state index is -0.911. The van der Waals surface area contributed by atoms with Crippen LogP contribution in [-0.2, 0) is 6.42 Å². The van der Waals surface area contributed by atoms with Crippen LogP contribution in [0.15, 0.2) is 127 Å². The van der Waals surface area contributed by atoms with Crippen LogP contribution in [0, 0.1) is 21.7 Å². The summed E-state index contributed by atoms with van der Waals surface area (Å²) in [6.45, 7) is 0. The summed E-state index contributed by atoms with van der Waals surface area (Å²) in [6.07, 6.45) is 6.05. The monoisotopic (exact) mass is 673 g/mol. The van der Waals surface area contributed by atoms with Gasteiger partial charge in [-0.25, -0.2) is 8.78 Å². The maximum Gasteiger partial charge on any atom is 0.277 e. The van der Waals surface area contributed by atoms with Gasteiger partial charge in [0, 0.05) is 67.6 Å². The number of aromatic nitrogens is 2. The highest BCUT2D eigenvalue weighted by atomic mass is 19.1. The van der Waals surface area contributed by atoms with Gasteiger partial charge < -0.3 is 13.9 Å². The fourth-order valence-electron chi connectivity index (χ4n) is 7.71. The fraction of sp³-hybridized carbons (Fsp3) is 0.0698. The first-order valence-electron chi connectivity index (χ1n) is 16.7. The summed E-state index contributed by atoms with van der Waals surface area (Å²) in [5.74, 6) is -1.34. The molecular weight excluding hydrogens is 644 g/mol. The average Bonchev–Trinajstić information content (AvgIpc) is 3.68. The third-order valence-corrected chi connectivity index (χ3v) is 9.94. The van der Waals surface area contributed by atoms with E-state index >= 15 is 8.78 Å². The van der Waals surface area contributed by atoms with E-state index in [0.29, 0.717) is 17.0 Å². The van der Waals surface area contributed by atoms with Gasteiger partial charge in [0.2, 0.25) is 0 Å². The van der Waals surface area contributed by atoms with Crippen molar-refractivity contribution in [2.45, 2.75) is 12.8 Å². The molecule has 0 aliphatic heterocycles. The molecule has 0 N–H and O–H groups in total. The number of nitro groups is 1. The number of fused-ring (bicyclic) bond motifs is 6. The Morgan fingerprint density at radius 2 is 1.22 bits per heavy atom. The molecule has 0 radical (unpaired) electrons. The van der Waals surface area contributed by atoms with Crippen molar-refractivity contribution in [1.29, 1.82) is 0 Å². The summed E-state index contributed by atoms with van der Waals surface area (Å²) >= 11 is 0. The highest BCUT2D eigenvalue weighted by molar-refractivity contribution is 6.09. The first-order chi connectivity index (χ1) is 24.9. The van der Waals surface area contributed by atoms with Gasteiger partial charge in [-0.3, -0.25) is 10.1 Å². The summed E-state index contributed by atoms with van der Waals surface area (Å²) in [5.41, 5.74) is 6.61. The number of halogens is 2. The summed E-state index contributed by atoms with van der Waals surface area (Å²) in [6, 6.07) is 36.3. The van der Waals surface area contributed by atoms with Crippen LogP contribution in [0.5, 0.6) is 5.75 Å². The molecule has 2 aromatic heterocycles. The lowest BCUT2D eigenvalue weighted by Gasteiger charge is -2.17. The number of hydrogen-bond acceptors (Lipinski definition) is 3. The van der Waals surface area contributed by atoms with Gasteiger partial charge in [-0.15, -0.1) is 0 Å². The molecule has 51 heavy (non-hydrogen) atoms. The molecule has 0 bridgehead atoms. The first-order valence-corrected chi connectivity index (χ1v) is 16.7. The highest BCUT2D eigenvalue weighted by Gasteiger charge is 2.25. The van der Waals surface area contributed by atoms with Crippen molar-refractivity contribution in [1.82, 2.24) is 9.13 Å². The summed E-state index contributed by atoms with van der Waals surface area (Å²) in [4.78, 5) is 11.9. The minimum Gasteiger partial charge on any atom is -0.496 e. The van der Waals surface area contributed by atoms with Crippen molar-refractivity contribution in [3.05, 3.63) is 160 Å². The standard InChI is InChI=1S/C43H29F2N3O3/c1-51-43-21-19-27(47-40-16-8-4-12-30(40)31-13-5-9-17-41(31)47)23-35(43)33-24-32(36(44)25-37(33)45)34-22-26(18-20-42(34)48(49)50)46-38-14-6-2-10-28(38)29-11-3-7-15-39(29)46/h2-8,10-16,18-25H,9,17H2,1H3. The van der Waals surface area contributed by atoms with E-state index in [0.717, 1.165) is 68.6 Å². The Labute approximate surface area is 291 Å². The number of nitro benzene ring substituents is 1. The minimum absolute atomic E-state index is 0.0329. The molecule has 0 amide bonds. The van der Waals surface area contributed by atoms with Crippen molar-refractivity contribution in [2.24, 2.45) is 0 Å². The molecule has 0 fully saturated rings. The van der Waals surface area contributed by atoms with Gasteiger partial charge in [0.1, 0.15) is 17.4 Å². The smallest absolute Gasteiger partial charge is 0.277 e. The van der Waals surface area contributed by atoms with E-state index in [2.05, 4.69) is 28.9 Å². The second-order valence-electron chi connectivity index (χ2n) is 12.7. The van der Waals surface area contributed by atoms with Crippen LogP contribution in [-0.4, -0.2) is 21.2 Å². The molecule has 1 aliphatic rings. The first kappa shape index (κ1) is 30.5. The molecule has 0 saturated heterocycles. The van der Waals surface area contributed by atoms with Crippen LogP contribution in [0.4, 0.5) is 14.5 Å². The lowest BCUT2D eigenvalue weighted by atomic mass is 9.95. The molecule has 0 spiro atoms. The third kappa shape index (κ3) is 4.75. The van der Waals surface area contributed by atoms with Crippen LogP contribution in [0.2, 0.25) is 0 Å². The van der Waals surface area contributed by atoms with E-state index in [1.165, 1.54) is 19.2 Å². The maximum atomic E-state index is 16.0. The summed E-state index contributed by atoms with van der Waals surface area (Å²) in [5, 5.41) is 15.6. The van der Waals surface area contributed by atoms with Gasteiger partial charge in [-0.1, -0.05) is 66.7 Å². The van der Waals surface area contributed by atoms with E-state index < -0.39 is 16.6 Å². The largest absolute Gasteiger partial charge is 0.496 e. The Morgan fingerprint density at radius 1 is 0.647 bits per heavy atom. The van der Waals surface area contributed by atoms with Crippen molar-refractivity contribution in [3.63, 3.8) is 0 Å². The summed E-state index contributed by atoms with van der Waals surface area (Å²) < 4.78 is 41.9. The Morgan fingerprint density at radius 3 is 1.88 bits per heavy atom. The Balaban J connectivity index is 1.26. The molecule has 6 aromatic carbocycles. The topological polar surface area (TPSA) is 62.2 Å². The van der Waals surface area contributed by atoms with Crippen molar-refractivity contribution < 1.29 is 18.4 Å². The number of rotatable bonds is 6. The highest BCUT2D eigenvalue weighted by Crippen LogP contribution is 2.42. The normalized spacial score (nSPS) is 12.5. The Hall–Kier alpha value is -6.54. The van der Waals surface area contributed by atoms with Crippen molar-refractivity contribution in [3.8, 4) is 39.4 Å². The molecule has 1 aliphatic carbocycles. The summed E-state index contributed by atoms with van der Waals surface area (Å²) in [7, 11) is 1.50. The van der Waals surface area contributed by atoms with Crippen molar-refractivity contribution >= 4 is 44.5 Å². The zero-order chi connectivity index (χ0) is 34.8. The van der Waals surface area contributed by atoms with E-state index in [4.69, 9.17) is 4.74 Å². The van der Waals surface area contributed by atoms with Crippen LogP contribution in [0.25, 0.3) is 72.4 Å². The van der Waals surface area contributed by atoms with Gasteiger partial charge in [0.05, 0.1) is 34.1 Å². The lowest BCUT2D eigenvalue weighted by Crippen LogP contribution is -2.04. The third-order valence-electron chi connectivity index (χ3n) is 9.94. The molecular formula is C43H29F2N3O3. The number of para-hydroxylation sites is 3. The zero-order valence-electron chi connectivity index (χ0n) is 27.4. The SMILES string of the molecule is COc1ccc(-n2c3c(c4ccccc42)C=CCC3)cc1-c1cc(-c2cc(-n3c4ccccc4c4ccccc43)ccc2[N+](=O)[O-])c(F)cc1F. The predicted molar refractivity (Wildman–Crippen MR) is 199 cm³/mol. The second-order valence-corrected chi connectivity index (χ2v) is 12.7. The van der Waals surface area contributed by atoms with E-state index in [9.17, 15) is 10.1 Å². The van der Waals surface area contributed by atoms with Crippen LogP contribution in [0.3, 0.4) is 0 Å². The van der Waals surface area contributed by atoms with Crippen molar-refractivity contribution in [2.75, 3.05) is 7.11 Å². The van der Waals surface area contributed by atoms with Gasteiger partial charge >= 0.3 is 0 Å². The lowest BCUT2D eigenvalue weighted by molar-refractivity contribution is -0.384. The molecule has 8 aromatic rings. The van der Waals surface area contributed by atoms with E-state index in [1.54, 1.807) is 18.2 Å². The van der Waals surface area contributed by atoms with E-state index in [-0.39, 0.29) is 22.4 Å².